The van der Waals surface area contributed by atoms with Gasteiger partial charge in [0.15, 0.2) is 17.3 Å². The smallest absolute Gasteiger partial charge is 0.313 e. The second-order valence-electron chi connectivity index (χ2n) is 8.58. The zero-order valence-corrected chi connectivity index (χ0v) is 21.4. The van der Waals surface area contributed by atoms with Crippen LogP contribution in [-0.2, 0) is 7.05 Å². The molecule has 0 aliphatic rings. The van der Waals surface area contributed by atoms with Crippen molar-refractivity contribution in [2.45, 2.75) is 0 Å². The Morgan fingerprint density at radius 2 is 1.87 bits per heavy atom. The van der Waals surface area contributed by atoms with Crippen molar-refractivity contribution in [3.05, 3.63) is 74.7 Å². The fraction of sp³-hybridized carbons (Fsp3) is 0.240. The molecule has 0 amide bonds. The molecule has 0 saturated carbocycles. The molecule has 2 aromatic heterocycles. The predicted octanol–water partition coefficient (Wildman–Crippen LogP) is 4.00. The van der Waals surface area contributed by atoms with Crippen molar-refractivity contribution in [1.82, 2.24) is 19.4 Å². The molecule has 0 radical (unpaired) electrons. The number of ether oxygens (including phenoxy) is 3. The van der Waals surface area contributed by atoms with Crippen molar-refractivity contribution in [3.8, 4) is 23.0 Å². The second kappa shape index (κ2) is 11.3. The number of halogens is 2. The minimum absolute atomic E-state index is 0.0182. The SMILES string of the molecule is COc1cc(OCCN(C)C)c([N+](=O)[O-])cc1Nc1ncc2cc(Oc3ccc(F)cc3F)c(=O)n(C)c2n1. The van der Waals surface area contributed by atoms with Crippen LogP contribution >= 0.6 is 0 Å². The number of nitrogens with one attached hydrogen (secondary N) is 1. The Morgan fingerprint density at radius 3 is 2.54 bits per heavy atom. The number of rotatable bonds is 10. The number of anilines is 2. The van der Waals surface area contributed by atoms with Crippen LogP contribution < -0.4 is 25.1 Å². The largest absolute Gasteiger partial charge is 0.494 e. The Labute approximate surface area is 220 Å². The quantitative estimate of drug-likeness (QED) is 0.231. The van der Waals surface area contributed by atoms with E-state index in [0.717, 1.165) is 12.1 Å². The molecule has 204 valence electrons. The molecule has 0 aliphatic heterocycles. The molecule has 2 heterocycles. The van der Waals surface area contributed by atoms with Gasteiger partial charge in [-0.3, -0.25) is 19.5 Å². The van der Waals surface area contributed by atoms with Crippen molar-refractivity contribution in [1.29, 1.82) is 0 Å². The molecule has 4 aromatic rings. The summed E-state index contributed by atoms with van der Waals surface area (Å²) in [5, 5.41) is 15.0. The van der Waals surface area contributed by atoms with Crippen LogP contribution in [0.3, 0.4) is 0 Å². The molecule has 0 spiro atoms. The topological polar surface area (TPSA) is 134 Å². The Bertz CT molecular complexity index is 1610. The number of methoxy groups -OCH3 is 1. The summed E-state index contributed by atoms with van der Waals surface area (Å²) in [7, 11) is 6.53. The number of nitrogens with zero attached hydrogens (tertiary/aromatic N) is 5. The molecule has 4 rings (SSSR count). The standard InChI is InChI=1S/C25H24F2N6O6/c1-31(2)7-8-38-21-12-20(37-4)17(11-18(21)33(35)36)29-25-28-13-14-9-22(24(34)32(3)23(14)30-25)39-19-6-5-15(26)10-16(19)27/h5-6,9-13H,7-8H2,1-4H3,(H,28,29,30). The number of pyridine rings is 1. The predicted molar refractivity (Wildman–Crippen MR) is 138 cm³/mol. The molecule has 0 aliphatic carbocycles. The zero-order valence-electron chi connectivity index (χ0n) is 21.4. The Balaban J connectivity index is 1.66. The van der Waals surface area contributed by atoms with Crippen LogP contribution in [0.25, 0.3) is 11.0 Å². The first-order valence-electron chi connectivity index (χ1n) is 11.5. The number of aryl methyl sites for hydroxylation is 1. The molecule has 0 saturated heterocycles. The van der Waals surface area contributed by atoms with Crippen molar-refractivity contribution < 1.29 is 27.9 Å². The lowest BCUT2D eigenvalue weighted by Gasteiger charge is -2.15. The van der Waals surface area contributed by atoms with E-state index in [1.807, 2.05) is 19.0 Å². The van der Waals surface area contributed by atoms with Gasteiger partial charge in [0, 0.05) is 43.4 Å². The summed E-state index contributed by atoms with van der Waals surface area (Å²) in [4.78, 5) is 34.4. The Hall–Kier alpha value is -4.85. The first-order valence-corrected chi connectivity index (χ1v) is 11.5. The maximum atomic E-state index is 14.0. The lowest BCUT2D eigenvalue weighted by molar-refractivity contribution is -0.385. The molecule has 39 heavy (non-hydrogen) atoms. The van der Waals surface area contributed by atoms with Crippen molar-refractivity contribution in [2.24, 2.45) is 7.05 Å². The van der Waals surface area contributed by atoms with E-state index in [2.05, 4.69) is 15.3 Å². The summed E-state index contributed by atoms with van der Waals surface area (Å²) in [6.07, 6.45) is 1.39. The summed E-state index contributed by atoms with van der Waals surface area (Å²) < 4.78 is 44.8. The molecule has 2 aromatic carbocycles. The third-order valence-electron chi connectivity index (χ3n) is 5.55. The van der Waals surface area contributed by atoms with Gasteiger partial charge >= 0.3 is 5.69 Å². The fourth-order valence-electron chi connectivity index (χ4n) is 3.56. The number of nitro benzene ring substituents is 1. The average molecular weight is 542 g/mol. The van der Waals surface area contributed by atoms with Crippen LogP contribution in [0.1, 0.15) is 0 Å². The number of fused-ring (bicyclic) bond motifs is 1. The molecule has 14 heteroatoms. The monoisotopic (exact) mass is 542 g/mol. The minimum Gasteiger partial charge on any atom is -0.494 e. The number of likely N-dealkylation sites (N-methyl/N-ethyl adjacent to an activating group) is 1. The third kappa shape index (κ3) is 6.01. The maximum absolute atomic E-state index is 14.0. The highest BCUT2D eigenvalue weighted by atomic mass is 19.1. The van der Waals surface area contributed by atoms with Gasteiger partial charge in [-0.15, -0.1) is 0 Å². The minimum atomic E-state index is -0.967. The highest BCUT2D eigenvalue weighted by molar-refractivity contribution is 5.78. The van der Waals surface area contributed by atoms with Gasteiger partial charge in [-0.25, -0.2) is 13.8 Å². The summed E-state index contributed by atoms with van der Waals surface area (Å²) in [6.45, 7) is 0.778. The molecule has 0 atom stereocenters. The van der Waals surface area contributed by atoms with Crippen molar-refractivity contribution in [3.63, 3.8) is 0 Å². The number of hydrogen-bond donors (Lipinski definition) is 1. The van der Waals surface area contributed by atoms with E-state index >= 15 is 0 Å². The van der Waals surface area contributed by atoms with Crippen molar-refractivity contribution in [2.75, 3.05) is 39.7 Å². The summed E-state index contributed by atoms with van der Waals surface area (Å²) in [5.41, 5.74) is -0.537. The highest BCUT2D eigenvalue weighted by Gasteiger charge is 2.22. The van der Waals surface area contributed by atoms with Gasteiger partial charge in [-0.2, -0.15) is 4.98 Å². The van der Waals surface area contributed by atoms with Gasteiger partial charge in [-0.1, -0.05) is 0 Å². The van der Waals surface area contributed by atoms with E-state index in [0.29, 0.717) is 18.0 Å². The van der Waals surface area contributed by atoms with Crippen LogP contribution in [-0.4, -0.2) is 58.7 Å². The molecule has 0 bridgehead atoms. The van der Waals surface area contributed by atoms with Crippen LogP contribution in [0.5, 0.6) is 23.0 Å². The van der Waals surface area contributed by atoms with Gasteiger partial charge in [-0.05, 0) is 32.3 Å². The number of nitro groups is 1. The van der Waals surface area contributed by atoms with Crippen LogP contribution in [0, 0.1) is 21.7 Å². The molecule has 1 N–H and O–H groups in total. The molecule has 12 nitrogen and oxygen atoms in total. The van der Waals surface area contributed by atoms with Gasteiger partial charge in [0.25, 0.3) is 5.56 Å². The second-order valence-corrected chi connectivity index (χ2v) is 8.58. The fourth-order valence-corrected chi connectivity index (χ4v) is 3.56. The molecule has 0 fully saturated rings. The first kappa shape index (κ1) is 27.2. The Morgan fingerprint density at radius 1 is 1.10 bits per heavy atom. The summed E-state index contributed by atoms with van der Waals surface area (Å²) >= 11 is 0. The van der Waals surface area contributed by atoms with Gasteiger partial charge < -0.3 is 24.4 Å². The van der Waals surface area contributed by atoms with Crippen LogP contribution in [0.15, 0.2) is 47.4 Å². The van der Waals surface area contributed by atoms with E-state index < -0.39 is 22.1 Å². The number of hydrogen-bond acceptors (Lipinski definition) is 10. The molecular weight excluding hydrogens is 518 g/mol. The molecule has 0 unspecified atom stereocenters. The molecular formula is C25H24F2N6O6. The first-order chi connectivity index (χ1) is 18.6. The maximum Gasteiger partial charge on any atom is 0.313 e. The number of benzene rings is 2. The number of aromatic nitrogens is 3. The van der Waals surface area contributed by atoms with Gasteiger partial charge in [0.05, 0.1) is 17.7 Å². The van der Waals surface area contributed by atoms with Crippen LogP contribution in [0.4, 0.5) is 26.1 Å². The highest BCUT2D eigenvalue weighted by Crippen LogP contribution is 2.39. The van der Waals surface area contributed by atoms with E-state index in [1.54, 1.807) is 0 Å². The zero-order chi connectivity index (χ0) is 28.3. The van der Waals surface area contributed by atoms with Gasteiger partial charge in [0.2, 0.25) is 11.7 Å². The lowest BCUT2D eigenvalue weighted by Crippen LogP contribution is -2.20. The van der Waals surface area contributed by atoms with E-state index in [1.165, 1.54) is 43.1 Å². The van der Waals surface area contributed by atoms with Crippen LogP contribution in [0.2, 0.25) is 0 Å². The van der Waals surface area contributed by atoms with E-state index in [-0.39, 0.29) is 52.6 Å². The van der Waals surface area contributed by atoms with E-state index in [4.69, 9.17) is 14.2 Å². The normalized spacial score (nSPS) is 11.1. The summed E-state index contributed by atoms with van der Waals surface area (Å²) in [5.74, 6) is -2.00. The van der Waals surface area contributed by atoms with E-state index in [9.17, 15) is 23.7 Å². The third-order valence-corrected chi connectivity index (χ3v) is 5.55. The van der Waals surface area contributed by atoms with Gasteiger partial charge in [0.1, 0.15) is 23.8 Å². The van der Waals surface area contributed by atoms with Crippen molar-refractivity contribution >= 4 is 28.4 Å². The lowest BCUT2D eigenvalue weighted by atomic mass is 10.2. The summed E-state index contributed by atoms with van der Waals surface area (Å²) in [6, 6.07) is 6.68. The Kier molecular flexibility index (Phi) is 7.85. The average Bonchev–Trinajstić information content (AvgIpc) is 2.89.